The summed E-state index contributed by atoms with van der Waals surface area (Å²) in [6.07, 6.45) is -25.7. The predicted octanol–water partition coefficient (Wildman–Crippen LogP) is 0.637. The first-order valence-electron chi connectivity index (χ1n) is 23.3. The predicted molar refractivity (Wildman–Crippen MR) is 242 cm³/mol. The van der Waals surface area contributed by atoms with Crippen LogP contribution >= 0.6 is 0 Å². The second kappa shape index (κ2) is 26.5. The molecule has 418 valence electrons. The topological polar surface area (TPSA) is 349 Å². The molecule has 28 heteroatoms. The van der Waals surface area contributed by atoms with E-state index in [0.29, 0.717) is 10.9 Å². The first kappa shape index (κ1) is 59.6. The molecule has 76 heavy (non-hydrogen) atoms. The zero-order chi connectivity index (χ0) is 56.3. The van der Waals surface area contributed by atoms with Crippen molar-refractivity contribution in [2.24, 2.45) is 0 Å². The highest BCUT2D eigenvalue weighted by Crippen LogP contribution is 2.36. The number of aryl methyl sites for hydroxylation is 1. The third-order valence-corrected chi connectivity index (χ3v) is 11.0. The molecule has 5 rings (SSSR count). The summed E-state index contributed by atoms with van der Waals surface area (Å²) < 4.78 is 97.6. The van der Waals surface area contributed by atoms with Crippen molar-refractivity contribution in [2.45, 2.75) is 168 Å². The van der Waals surface area contributed by atoms with E-state index in [9.17, 15) is 52.7 Å². The molecule has 1 aromatic carbocycles. The van der Waals surface area contributed by atoms with Gasteiger partial charge in [0.1, 0.15) is 36.3 Å². The summed E-state index contributed by atoms with van der Waals surface area (Å²) in [4.78, 5) is 138. The molecule has 0 spiro atoms. The Morgan fingerprint density at radius 1 is 0.408 bits per heavy atom. The van der Waals surface area contributed by atoms with E-state index in [-0.39, 0.29) is 11.3 Å². The lowest BCUT2D eigenvalue weighted by Gasteiger charge is -2.47. The van der Waals surface area contributed by atoms with E-state index >= 15 is 0 Å². The monoisotopic (exact) mass is 1080 g/mol. The molecule has 2 aromatic rings. The van der Waals surface area contributed by atoms with E-state index in [0.717, 1.165) is 69.2 Å². The summed E-state index contributed by atoms with van der Waals surface area (Å²) in [6.45, 7) is 9.45. The van der Waals surface area contributed by atoms with Crippen LogP contribution in [0.15, 0.2) is 33.5 Å². The first-order valence-corrected chi connectivity index (χ1v) is 23.3. The Hall–Kier alpha value is -7.27. The second-order valence-corrected chi connectivity index (χ2v) is 17.3. The molecule has 3 fully saturated rings. The Kier molecular flexibility index (Phi) is 20.8. The van der Waals surface area contributed by atoms with Gasteiger partial charge < -0.3 is 80.2 Å². The molecule has 15 unspecified atom stereocenters. The van der Waals surface area contributed by atoms with E-state index in [4.69, 9.17) is 80.2 Å². The Morgan fingerprint density at radius 2 is 0.737 bits per heavy atom. The van der Waals surface area contributed by atoms with Crippen LogP contribution in [0.25, 0.3) is 11.0 Å². The van der Waals surface area contributed by atoms with Crippen molar-refractivity contribution >= 4 is 70.7 Å². The number of carbonyl (C=O) groups excluding carboxylic acids is 10. The highest BCUT2D eigenvalue weighted by Gasteiger charge is 2.58. The lowest BCUT2D eigenvalue weighted by molar-refractivity contribution is -0.342. The molecule has 1 aromatic heterocycles. The van der Waals surface area contributed by atoms with E-state index in [1.165, 1.54) is 18.2 Å². The van der Waals surface area contributed by atoms with Crippen molar-refractivity contribution in [1.82, 2.24) is 0 Å². The van der Waals surface area contributed by atoms with Crippen molar-refractivity contribution < 1.29 is 128 Å². The van der Waals surface area contributed by atoms with Crippen molar-refractivity contribution in [3.05, 3.63) is 40.2 Å². The quantitative estimate of drug-likeness (QED) is 0.106. The molecule has 0 N–H and O–H groups in total. The number of hydrogen-bond donors (Lipinski definition) is 0. The summed E-state index contributed by atoms with van der Waals surface area (Å²) in [6, 6.07) is 5.64. The summed E-state index contributed by atoms with van der Waals surface area (Å²) in [5, 5.41) is 0.534. The molecule has 0 radical (unpaired) electrons. The molecule has 4 heterocycles. The molecule has 3 saturated heterocycles. The average molecular weight is 1080 g/mol. The molecule has 0 aliphatic carbocycles. The smallest absolute Gasteiger partial charge is 0.336 e. The summed E-state index contributed by atoms with van der Waals surface area (Å²) in [5.41, 5.74) is -0.0149. The van der Waals surface area contributed by atoms with Crippen LogP contribution in [0.1, 0.15) is 74.8 Å². The lowest BCUT2D eigenvalue weighted by Crippen LogP contribution is -2.66. The minimum Gasteiger partial charge on any atom is -0.463 e. The van der Waals surface area contributed by atoms with Crippen LogP contribution in [-0.4, -0.2) is 172 Å². The summed E-state index contributed by atoms with van der Waals surface area (Å²) in [5.74, 6) is -9.50. The highest BCUT2D eigenvalue weighted by atomic mass is 16.8. The van der Waals surface area contributed by atoms with Crippen LogP contribution < -0.4 is 10.4 Å². The molecular formula is C48H58O28. The minimum atomic E-state index is -1.92. The van der Waals surface area contributed by atoms with Gasteiger partial charge in [-0.05, 0) is 24.6 Å². The highest BCUT2D eigenvalue weighted by molar-refractivity contribution is 5.81. The molecule has 3 aliphatic rings. The molecular weight excluding hydrogens is 1020 g/mol. The van der Waals surface area contributed by atoms with Crippen molar-refractivity contribution in [2.75, 3.05) is 19.8 Å². The molecule has 0 bridgehead atoms. The van der Waals surface area contributed by atoms with Crippen LogP contribution in [0, 0.1) is 6.92 Å². The Balaban J connectivity index is 1.57. The van der Waals surface area contributed by atoms with Gasteiger partial charge in [0.15, 0.2) is 61.4 Å². The van der Waals surface area contributed by atoms with Crippen molar-refractivity contribution in [3.63, 3.8) is 0 Å². The van der Waals surface area contributed by atoms with Crippen LogP contribution in [0.5, 0.6) is 5.75 Å². The van der Waals surface area contributed by atoms with Gasteiger partial charge in [-0.25, -0.2) is 4.79 Å². The largest absolute Gasteiger partial charge is 0.463 e. The standard InChI is InChI=1S/C48H58O28/c1-19-14-36(59)73-32-15-30(12-13-31(19)32)72-48-45(71-29(11)58)42(68-26(8)55)39(65-23(5)52)35(76-48)18-62-47-44(70-28(10)57)41(67-25(7)54)38(64-22(4)51)34(75-47)17-61-46-43(69-27(9)56)40(66-24(6)53)37(63-21(3)50)33(74-46)16-60-20(2)49/h12-15,33-35,37-48H,16-18H2,1-11H3. The molecule has 15 atom stereocenters. The number of hydrogen-bond acceptors (Lipinski definition) is 28. The number of rotatable bonds is 19. The minimum absolute atomic E-state index is 0.0265. The third-order valence-electron chi connectivity index (χ3n) is 11.0. The third kappa shape index (κ3) is 16.4. The van der Waals surface area contributed by atoms with Gasteiger partial charge in [0, 0.05) is 86.8 Å². The van der Waals surface area contributed by atoms with Crippen LogP contribution in [0.4, 0.5) is 0 Å². The molecule has 28 nitrogen and oxygen atoms in total. The van der Waals surface area contributed by atoms with Crippen molar-refractivity contribution in [3.8, 4) is 5.75 Å². The number of benzene rings is 1. The maximum absolute atomic E-state index is 12.8. The van der Waals surface area contributed by atoms with Crippen LogP contribution in [-0.2, 0) is 119 Å². The van der Waals surface area contributed by atoms with E-state index in [1.54, 1.807) is 13.0 Å². The lowest BCUT2D eigenvalue weighted by atomic mass is 9.96. The molecule has 0 saturated carbocycles. The fraction of sp³-hybridized carbons (Fsp3) is 0.604. The maximum Gasteiger partial charge on any atom is 0.336 e. The van der Waals surface area contributed by atoms with Gasteiger partial charge in [-0.2, -0.15) is 0 Å². The fourth-order valence-electron chi connectivity index (χ4n) is 8.42. The van der Waals surface area contributed by atoms with Gasteiger partial charge in [0.05, 0.1) is 13.2 Å². The van der Waals surface area contributed by atoms with Gasteiger partial charge in [0.2, 0.25) is 12.4 Å². The second-order valence-electron chi connectivity index (χ2n) is 17.3. The van der Waals surface area contributed by atoms with Gasteiger partial charge in [-0.1, -0.05) is 0 Å². The fourth-order valence-corrected chi connectivity index (χ4v) is 8.42. The summed E-state index contributed by atoms with van der Waals surface area (Å²) >= 11 is 0. The first-order chi connectivity index (χ1) is 35.7. The van der Waals surface area contributed by atoms with Crippen LogP contribution in [0.2, 0.25) is 0 Å². The van der Waals surface area contributed by atoms with Gasteiger partial charge in [0.25, 0.3) is 0 Å². The number of fused-ring (bicyclic) bond motifs is 1. The van der Waals surface area contributed by atoms with Gasteiger partial charge in [-0.15, -0.1) is 0 Å². The van der Waals surface area contributed by atoms with Gasteiger partial charge >= 0.3 is 65.3 Å². The zero-order valence-electron chi connectivity index (χ0n) is 43.0. The Labute approximate surface area is 432 Å². The van der Waals surface area contributed by atoms with E-state index in [1.807, 2.05) is 0 Å². The van der Waals surface area contributed by atoms with Gasteiger partial charge in [-0.3, -0.25) is 47.9 Å². The number of carbonyl (C=O) groups is 10. The SMILES string of the molecule is CC(=O)OCC1OC(OCC2OC(OCC3OC(Oc4ccc5c(C)cc(=O)oc5c4)C(OC(C)=O)C(OC(C)=O)C3OC(C)=O)C(OC(C)=O)C(OC(C)=O)C2OC(C)=O)C(OC(C)=O)C(OC(C)=O)C1OC(C)=O. The number of ether oxygens (including phenoxy) is 16. The maximum atomic E-state index is 12.8. The van der Waals surface area contributed by atoms with Crippen molar-refractivity contribution in [1.29, 1.82) is 0 Å². The molecule has 0 amide bonds. The zero-order valence-corrected chi connectivity index (χ0v) is 43.0. The Morgan fingerprint density at radius 3 is 1.11 bits per heavy atom. The van der Waals surface area contributed by atoms with E-state index in [2.05, 4.69) is 0 Å². The molecule has 3 aliphatic heterocycles. The average Bonchev–Trinajstić information content (AvgIpc) is 3.28. The summed E-state index contributed by atoms with van der Waals surface area (Å²) in [7, 11) is 0. The normalized spacial score (nSPS) is 29.0. The number of esters is 10. The Bertz CT molecular complexity index is 2550. The van der Waals surface area contributed by atoms with E-state index < -0.39 is 177 Å². The van der Waals surface area contributed by atoms with Crippen LogP contribution in [0.3, 0.4) is 0 Å².